The number of hydrogen-bond donors (Lipinski definition) is 6. The number of phenolic OH excluding ortho intramolecular Hbond substituents is 1. The lowest BCUT2D eigenvalue weighted by Gasteiger charge is -2.59. The molecule has 0 heterocycles. The predicted octanol–water partition coefficient (Wildman–Crippen LogP) is 1.61. The lowest BCUT2D eigenvalue weighted by atomic mass is 9.46. The highest BCUT2D eigenvalue weighted by Crippen LogP contribution is 2.63. The molecular formula is C31H40N4O9. The minimum absolute atomic E-state index is 0.0734. The first-order chi connectivity index (χ1) is 20.4. The second kappa shape index (κ2) is 11.0. The summed E-state index contributed by atoms with van der Waals surface area (Å²) < 4.78 is 5.06. The van der Waals surface area contributed by atoms with Gasteiger partial charge in [0.15, 0.2) is 11.4 Å². The van der Waals surface area contributed by atoms with E-state index < -0.39 is 68.9 Å². The van der Waals surface area contributed by atoms with E-state index >= 15 is 0 Å². The number of anilines is 1. The zero-order chi connectivity index (χ0) is 33.1. The molecule has 44 heavy (non-hydrogen) atoms. The van der Waals surface area contributed by atoms with E-state index in [4.69, 9.17) is 10.5 Å². The maximum Gasteiger partial charge on any atom is 0.407 e. The standard InChI is InChI=1S/C31H40N4O9/c1-8-9-10-44-28(42)33-13-15-11-17(34(4)5)16-12-29(2)14-30(3)24(35(6)7)23(38)19(27(32)41)25(39)31(30,43)26(40)20(29)22(37)18(16)21(15)36/h8,11,24,36-37,39,43H,1,9-10,12-14H2,2-7H3,(H2,32,41)(H,33,42)/t24-,29+,30+,31-/m1/s1. The molecule has 4 rings (SSSR count). The Kier molecular flexibility index (Phi) is 8.12. The first kappa shape index (κ1) is 32.6. The van der Waals surface area contributed by atoms with Crippen LogP contribution in [-0.4, -0.2) is 95.3 Å². The Balaban J connectivity index is 1.94. The summed E-state index contributed by atoms with van der Waals surface area (Å²) in [4.78, 5) is 55.7. The number of phenols is 1. The van der Waals surface area contributed by atoms with Crippen LogP contribution in [-0.2, 0) is 32.1 Å². The fourth-order valence-electron chi connectivity index (χ4n) is 7.41. The molecule has 238 valence electrons. The van der Waals surface area contributed by atoms with Gasteiger partial charge >= 0.3 is 6.09 Å². The van der Waals surface area contributed by atoms with Crippen molar-refractivity contribution in [1.29, 1.82) is 0 Å². The van der Waals surface area contributed by atoms with Crippen LogP contribution in [0.25, 0.3) is 5.76 Å². The Morgan fingerprint density at radius 1 is 1.18 bits per heavy atom. The van der Waals surface area contributed by atoms with Crippen molar-refractivity contribution >= 4 is 35.0 Å². The van der Waals surface area contributed by atoms with Crippen LogP contribution in [0.4, 0.5) is 10.5 Å². The molecule has 3 aliphatic rings. The number of aliphatic hydroxyl groups excluding tert-OH is 2. The smallest absolute Gasteiger partial charge is 0.407 e. The molecular weight excluding hydrogens is 572 g/mol. The van der Waals surface area contributed by atoms with E-state index in [-0.39, 0.29) is 42.7 Å². The fraction of sp³-hybridized carbons (Fsp3) is 0.484. The number of ketones is 2. The number of likely N-dealkylation sites (N-methyl/N-ethyl adjacent to an activating group) is 1. The Morgan fingerprint density at radius 2 is 1.82 bits per heavy atom. The molecule has 0 unspecified atom stereocenters. The SMILES string of the molecule is C=CCCOC(=O)NCc1cc(N(C)C)c2c(c1O)C(O)=C1C(=O)[C@]3(O)C(O)=C(C(N)=O)C(=O)[C@@H](N(C)C)[C@]3(C)C[C@]1(C)C2. The van der Waals surface area contributed by atoms with Gasteiger partial charge in [-0.1, -0.05) is 19.9 Å². The third kappa shape index (κ3) is 4.53. The topological polar surface area (TPSA) is 203 Å². The van der Waals surface area contributed by atoms with Crippen LogP contribution in [0.5, 0.6) is 5.75 Å². The van der Waals surface area contributed by atoms with Crippen molar-refractivity contribution in [2.45, 2.75) is 51.3 Å². The van der Waals surface area contributed by atoms with Crippen molar-refractivity contribution < 1.29 is 44.3 Å². The van der Waals surface area contributed by atoms with E-state index in [0.29, 0.717) is 17.7 Å². The van der Waals surface area contributed by atoms with Crippen LogP contribution >= 0.6 is 0 Å². The summed E-state index contributed by atoms with van der Waals surface area (Å²) in [5, 5.41) is 49.1. The number of aromatic hydroxyl groups is 1. The van der Waals surface area contributed by atoms with Crippen LogP contribution in [0.15, 0.2) is 35.6 Å². The Bertz CT molecular complexity index is 1540. The number of rotatable bonds is 8. The molecule has 3 aliphatic carbocycles. The molecule has 13 heteroatoms. The van der Waals surface area contributed by atoms with Crippen molar-refractivity contribution in [3.05, 3.63) is 52.3 Å². The summed E-state index contributed by atoms with van der Waals surface area (Å²) in [5.74, 6) is -5.45. The van der Waals surface area contributed by atoms with Crippen LogP contribution in [0.2, 0.25) is 0 Å². The highest BCUT2D eigenvalue weighted by molar-refractivity contribution is 6.25. The van der Waals surface area contributed by atoms with Gasteiger partial charge in [0.05, 0.1) is 18.2 Å². The van der Waals surface area contributed by atoms with Gasteiger partial charge in [0, 0.05) is 48.3 Å². The number of fused-ring (bicyclic) bond motifs is 3. The van der Waals surface area contributed by atoms with Gasteiger partial charge in [-0.3, -0.25) is 19.3 Å². The van der Waals surface area contributed by atoms with Gasteiger partial charge in [-0.25, -0.2) is 4.79 Å². The summed E-state index contributed by atoms with van der Waals surface area (Å²) in [7, 11) is 6.62. The van der Waals surface area contributed by atoms with E-state index in [0.717, 1.165) is 0 Å². The van der Waals surface area contributed by atoms with Crippen molar-refractivity contribution in [2.75, 3.05) is 39.7 Å². The quantitative estimate of drug-likeness (QED) is 0.141. The van der Waals surface area contributed by atoms with E-state index in [1.165, 1.54) is 11.8 Å². The van der Waals surface area contributed by atoms with E-state index in [2.05, 4.69) is 11.9 Å². The number of ether oxygens (including phenoxy) is 1. The zero-order valence-corrected chi connectivity index (χ0v) is 25.8. The van der Waals surface area contributed by atoms with E-state index in [9.17, 15) is 39.6 Å². The van der Waals surface area contributed by atoms with Gasteiger partial charge in [0.2, 0.25) is 5.78 Å². The second-order valence-electron chi connectivity index (χ2n) is 12.6. The monoisotopic (exact) mass is 612 g/mol. The Morgan fingerprint density at radius 3 is 2.36 bits per heavy atom. The number of aliphatic hydroxyl groups is 3. The predicted molar refractivity (Wildman–Crippen MR) is 161 cm³/mol. The van der Waals surface area contributed by atoms with Gasteiger partial charge in [-0.05, 0) is 45.0 Å². The van der Waals surface area contributed by atoms with E-state index in [1.807, 2.05) is 0 Å². The molecule has 7 N–H and O–H groups in total. The second-order valence-corrected chi connectivity index (χ2v) is 12.6. The number of primary amides is 1. The molecule has 0 saturated heterocycles. The molecule has 0 radical (unpaired) electrons. The average Bonchev–Trinajstić information content (AvgIpc) is 2.89. The molecule has 0 spiro atoms. The molecule has 1 aromatic rings. The summed E-state index contributed by atoms with van der Waals surface area (Å²) in [5.41, 5.74) is -0.180. The average molecular weight is 613 g/mol. The third-order valence-electron chi connectivity index (χ3n) is 9.15. The first-order valence-corrected chi connectivity index (χ1v) is 14.1. The number of carbonyl (C=O) groups is 4. The number of nitrogens with two attached hydrogens (primary N) is 1. The Hall–Kier alpha value is -4.36. The minimum atomic E-state index is -2.81. The minimum Gasteiger partial charge on any atom is -0.508 e. The number of benzene rings is 1. The number of nitrogens with one attached hydrogen (secondary N) is 1. The van der Waals surface area contributed by atoms with Gasteiger partial charge in [-0.2, -0.15) is 0 Å². The molecule has 0 bridgehead atoms. The van der Waals surface area contributed by atoms with Crippen molar-refractivity contribution in [2.24, 2.45) is 16.6 Å². The van der Waals surface area contributed by atoms with Crippen molar-refractivity contribution in [3.8, 4) is 5.75 Å². The number of amides is 2. The number of hydrogen-bond acceptors (Lipinski definition) is 11. The summed E-state index contributed by atoms with van der Waals surface area (Å²) in [6, 6.07) is 0.418. The molecule has 1 saturated carbocycles. The van der Waals surface area contributed by atoms with Crippen LogP contribution in [0, 0.1) is 10.8 Å². The van der Waals surface area contributed by atoms with Gasteiger partial charge in [-0.15, -0.1) is 6.58 Å². The van der Waals surface area contributed by atoms with Crippen LogP contribution in [0.3, 0.4) is 0 Å². The molecule has 0 aromatic heterocycles. The molecule has 4 atom stereocenters. The highest BCUT2D eigenvalue weighted by atomic mass is 16.5. The lowest BCUT2D eigenvalue weighted by molar-refractivity contribution is -0.175. The molecule has 0 aliphatic heterocycles. The fourth-order valence-corrected chi connectivity index (χ4v) is 7.41. The molecule has 2 amide bonds. The number of alkyl carbamates (subject to hydrolysis) is 1. The largest absolute Gasteiger partial charge is 0.508 e. The maximum absolute atomic E-state index is 14.4. The van der Waals surface area contributed by atoms with E-state index in [1.54, 1.807) is 52.2 Å². The summed E-state index contributed by atoms with van der Waals surface area (Å²) in [6.45, 7) is 6.69. The van der Waals surface area contributed by atoms with Gasteiger partial charge in [0.1, 0.15) is 22.8 Å². The number of Topliss-reactive ketones (excluding diaryl/α,β-unsaturated/α-hetero) is 2. The maximum atomic E-state index is 14.4. The molecule has 13 nitrogen and oxygen atoms in total. The summed E-state index contributed by atoms with van der Waals surface area (Å²) >= 11 is 0. The Labute approximate surface area is 255 Å². The number of carbonyl (C=O) groups excluding carboxylic acids is 4. The normalized spacial score (nSPS) is 27.9. The molecule has 1 fully saturated rings. The van der Waals surface area contributed by atoms with Crippen molar-refractivity contribution in [3.63, 3.8) is 0 Å². The molecule has 1 aromatic carbocycles. The lowest BCUT2D eigenvalue weighted by Crippen LogP contribution is -2.72. The van der Waals surface area contributed by atoms with Crippen LogP contribution in [0.1, 0.15) is 43.4 Å². The zero-order valence-electron chi connectivity index (χ0n) is 25.8. The van der Waals surface area contributed by atoms with Gasteiger partial charge in [0.25, 0.3) is 5.91 Å². The first-order valence-electron chi connectivity index (χ1n) is 14.1. The van der Waals surface area contributed by atoms with Crippen molar-refractivity contribution in [1.82, 2.24) is 10.2 Å². The number of nitrogens with zero attached hydrogens (tertiary/aromatic N) is 2. The summed E-state index contributed by atoms with van der Waals surface area (Å²) in [6.07, 6.45) is 1.33. The third-order valence-corrected chi connectivity index (χ3v) is 9.15. The van der Waals surface area contributed by atoms with Crippen LogP contribution < -0.4 is 16.0 Å². The highest BCUT2D eigenvalue weighted by Gasteiger charge is 2.72. The van der Waals surface area contributed by atoms with Gasteiger partial charge < -0.3 is 41.1 Å².